The van der Waals surface area contributed by atoms with Gasteiger partial charge in [-0.2, -0.15) is 0 Å². The van der Waals surface area contributed by atoms with Crippen LogP contribution in [0.15, 0.2) is 18.2 Å². The van der Waals surface area contributed by atoms with Crippen molar-refractivity contribution in [2.75, 3.05) is 18.6 Å². The molecule has 0 bridgehead atoms. The van der Waals surface area contributed by atoms with Crippen LogP contribution in [0, 0.1) is 5.92 Å². The van der Waals surface area contributed by atoms with Gasteiger partial charge >= 0.3 is 11.9 Å². The zero-order chi connectivity index (χ0) is 14.9. The molecule has 106 valence electrons. The first-order valence-corrected chi connectivity index (χ1v) is 6.23. The molecular formula is C13H12ClNO5. The summed E-state index contributed by atoms with van der Waals surface area (Å²) >= 11 is 5.97. The van der Waals surface area contributed by atoms with Gasteiger partial charge in [0.1, 0.15) is 5.56 Å². The lowest BCUT2D eigenvalue weighted by Crippen LogP contribution is -2.27. The van der Waals surface area contributed by atoms with E-state index < -0.39 is 17.9 Å². The molecule has 1 unspecified atom stereocenters. The summed E-state index contributed by atoms with van der Waals surface area (Å²) in [5, 5.41) is 9.13. The molecule has 1 aromatic rings. The van der Waals surface area contributed by atoms with E-state index in [4.69, 9.17) is 16.7 Å². The van der Waals surface area contributed by atoms with Crippen molar-refractivity contribution in [3.63, 3.8) is 0 Å². The quantitative estimate of drug-likeness (QED) is 0.856. The molecule has 2 rings (SSSR count). The molecule has 7 heteroatoms. The summed E-state index contributed by atoms with van der Waals surface area (Å²) in [6.07, 6.45) is -0.0948. The van der Waals surface area contributed by atoms with E-state index in [2.05, 4.69) is 4.74 Å². The molecule has 1 aliphatic heterocycles. The van der Waals surface area contributed by atoms with Gasteiger partial charge in [-0.25, -0.2) is 4.79 Å². The highest BCUT2D eigenvalue weighted by atomic mass is 35.5. The number of aliphatic carboxylic acids is 1. The molecular weight excluding hydrogens is 286 g/mol. The van der Waals surface area contributed by atoms with E-state index in [1.54, 1.807) is 12.1 Å². The van der Waals surface area contributed by atoms with Gasteiger partial charge in [0.2, 0.25) is 5.91 Å². The Morgan fingerprint density at radius 3 is 2.70 bits per heavy atom. The Hall–Kier alpha value is -2.08. The van der Waals surface area contributed by atoms with Crippen LogP contribution in [0.25, 0.3) is 0 Å². The number of anilines is 1. The van der Waals surface area contributed by atoms with Crippen molar-refractivity contribution < 1.29 is 24.2 Å². The van der Waals surface area contributed by atoms with Crippen molar-refractivity contribution in [2.45, 2.75) is 6.42 Å². The standard InChI is InChI=1S/C13H12ClNO5/c1-20-13(19)11-8(14)3-2-4-9(11)15-6-7(12(17)18)5-10(15)16/h2-4,7H,5-6H2,1H3,(H,17,18). The molecule has 1 aromatic carbocycles. The fourth-order valence-corrected chi connectivity index (χ4v) is 2.39. The van der Waals surface area contributed by atoms with Gasteiger partial charge in [-0.3, -0.25) is 9.59 Å². The average Bonchev–Trinajstić information content (AvgIpc) is 2.80. The van der Waals surface area contributed by atoms with E-state index in [-0.39, 0.29) is 35.1 Å². The Bertz CT molecular complexity index is 586. The average molecular weight is 298 g/mol. The second-order valence-electron chi connectivity index (χ2n) is 4.37. The maximum absolute atomic E-state index is 11.9. The first-order chi connectivity index (χ1) is 9.45. The van der Waals surface area contributed by atoms with Gasteiger partial charge in [-0.15, -0.1) is 0 Å². The van der Waals surface area contributed by atoms with E-state index in [1.807, 2.05) is 0 Å². The monoisotopic (exact) mass is 297 g/mol. The molecule has 1 amide bonds. The number of halogens is 1. The van der Waals surface area contributed by atoms with Gasteiger partial charge in [0.05, 0.1) is 23.7 Å². The lowest BCUT2D eigenvalue weighted by Gasteiger charge is -2.19. The molecule has 1 atom stereocenters. The molecule has 0 aromatic heterocycles. The number of ether oxygens (including phenoxy) is 1. The molecule has 1 saturated heterocycles. The molecule has 0 saturated carbocycles. The summed E-state index contributed by atoms with van der Waals surface area (Å²) in [7, 11) is 1.21. The molecule has 1 fully saturated rings. The van der Waals surface area contributed by atoms with Crippen LogP contribution >= 0.6 is 11.6 Å². The minimum atomic E-state index is -1.04. The summed E-state index contributed by atoms with van der Waals surface area (Å²) in [5.74, 6) is -2.85. The molecule has 20 heavy (non-hydrogen) atoms. The maximum atomic E-state index is 11.9. The summed E-state index contributed by atoms with van der Waals surface area (Å²) in [6, 6.07) is 4.64. The van der Waals surface area contributed by atoms with E-state index in [9.17, 15) is 14.4 Å². The van der Waals surface area contributed by atoms with Crippen LogP contribution < -0.4 is 4.90 Å². The lowest BCUT2D eigenvalue weighted by molar-refractivity contribution is -0.141. The Balaban J connectivity index is 2.43. The molecule has 1 heterocycles. The number of methoxy groups -OCH3 is 1. The number of amides is 1. The maximum Gasteiger partial charge on any atom is 0.341 e. The number of esters is 1. The zero-order valence-electron chi connectivity index (χ0n) is 10.6. The normalized spacial score (nSPS) is 18.2. The van der Waals surface area contributed by atoms with Crippen LogP contribution in [0.2, 0.25) is 5.02 Å². The van der Waals surface area contributed by atoms with Crippen LogP contribution in [0.5, 0.6) is 0 Å². The fraction of sp³-hybridized carbons (Fsp3) is 0.308. The van der Waals surface area contributed by atoms with Crippen molar-refractivity contribution in [1.29, 1.82) is 0 Å². The third kappa shape index (κ3) is 2.46. The Morgan fingerprint density at radius 1 is 1.45 bits per heavy atom. The molecule has 1 aliphatic rings. The van der Waals surface area contributed by atoms with Crippen molar-refractivity contribution in [3.8, 4) is 0 Å². The minimum absolute atomic E-state index is 0.0124. The number of hydrogen-bond acceptors (Lipinski definition) is 4. The number of nitrogens with zero attached hydrogens (tertiary/aromatic N) is 1. The van der Waals surface area contributed by atoms with Gasteiger partial charge in [-0.1, -0.05) is 17.7 Å². The van der Waals surface area contributed by atoms with Crippen LogP contribution in [0.3, 0.4) is 0 Å². The number of benzene rings is 1. The number of carbonyl (C=O) groups excluding carboxylic acids is 2. The van der Waals surface area contributed by atoms with Gasteiger partial charge in [-0.05, 0) is 12.1 Å². The van der Waals surface area contributed by atoms with Crippen LogP contribution in [-0.2, 0) is 14.3 Å². The molecule has 1 N–H and O–H groups in total. The predicted octanol–water partition coefficient (Wildman–Crippen LogP) is 1.56. The highest BCUT2D eigenvalue weighted by molar-refractivity contribution is 6.34. The van der Waals surface area contributed by atoms with Crippen molar-refractivity contribution in [1.82, 2.24) is 0 Å². The van der Waals surface area contributed by atoms with Crippen LogP contribution in [-0.4, -0.2) is 36.6 Å². The van der Waals surface area contributed by atoms with Gasteiger partial charge in [0, 0.05) is 13.0 Å². The molecule has 6 nitrogen and oxygen atoms in total. The molecule has 0 radical (unpaired) electrons. The summed E-state index contributed by atoms with van der Waals surface area (Å²) in [6.45, 7) is 0.0124. The largest absolute Gasteiger partial charge is 0.481 e. The zero-order valence-corrected chi connectivity index (χ0v) is 11.4. The smallest absolute Gasteiger partial charge is 0.341 e. The van der Waals surface area contributed by atoms with E-state index in [1.165, 1.54) is 18.1 Å². The summed E-state index contributed by atoms with van der Waals surface area (Å²) in [5.41, 5.74) is 0.342. The van der Waals surface area contributed by atoms with E-state index >= 15 is 0 Å². The van der Waals surface area contributed by atoms with Gasteiger partial charge in [0.25, 0.3) is 0 Å². The van der Waals surface area contributed by atoms with Crippen LogP contribution in [0.1, 0.15) is 16.8 Å². The van der Waals surface area contributed by atoms with Crippen molar-refractivity contribution in [3.05, 3.63) is 28.8 Å². The van der Waals surface area contributed by atoms with E-state index in [0.29, 0.717) is 0 Å². The second kappa shape index (κ2) is 5.50. The number of carbonyl (C=O) groups is 3. The third-order valence-corrected chi connectivity index (χ3v) is 3.46. The van der Waals surface area contributed by atoms with Gasteiger partial charge in [0.15, 0.2) is 0 Å². The predicted molar refractivity (Wildman–Crippen MR) is 70.9 cm³/mol. The Kier molecular flexibility index (Phi) is 3.94. The fourth-order valence-electron chi connectivity index (χ4n) is 2.15. The molecule has 0 spiro atoms. The number of rotatable bonds is 3. The number of carboxylic acids is 1. The van der Waals surface area contributed by atoms with E-state index in [0.717, 1.165) is 0 Å². The summed E-state index contributed by atoms with van der Waals surface area (Å²) in [4.78, 5) is 35.9. The third-order valence-electron chi connectivity index (χ3n) is 3.15. The first-order valence-electron chi connectivity index (χ1n) is 5.85. The minimum Gasteiger partial charge on any atom is -0.481 e. The molecule has 0 aliphatic carbocycles. The van der Waals surface area contributed by atoms with Crippen LogP contribution in [0.4, 0.5) is 5.69 Å². The van der Waals surface area contributed by atoms with Gasteiger partial charge < -0.3 is 14.7 Å². The Morgan fingerprint density at radius 2 is 2.15 bits per heavy atom. The lowest BCUT2D eigenvalue weighted by atomic mass is 10.1. The number of carboxylic acid groups (broad SMARTS) is 1. The Labute approximate surface area is 119 Å². The SMILES string of the molecule is COC(=O)c1c(Cl)cccc1N1CC(C(=O)O)CC1=O. The second-order valence-corrected chi connectivity index (χ2v) is 4.78. The van der Waals surface area contributed by atoms with Crippen molar-refractivity contribution >= 4 is 35.1 Å². The highest BCUT2D eigenvalue weighted by Crippen LogP contribution is 2.32. The first kappa shape index (κ1) is 14.3. The number of hydrogen-bond donors (Lipinski definition) is 1. The van der Waals surface area contributed by atoms with Crippen molar-refractivity contribution in [2.24, 2.45) is 5.92 Å². The summed E-state index contributed by atoms with van der Waals surface area (Å²) < 4.78 is 4.65. The topological polar surface area (TPSA) is 83.9 Å². The highest BCUT2D eigenvalue weighted by Gasteiger charge is 2.37.